The molecule has 1 aromatic carbocycles. The average molecular weight is 303 g/mol. The van der Waals surface area contributed by atoms with E-state index in [-0.39, 0.29) is 0 Å². The van der Waals surface area contributed by atoms with E-state index in [0.717, 1.165) is 0 Å². The van der Waals surface area contributed by atoms with E-state index in [2.05, 4.69) is 39.8 Å². The third-order valence-electron chi connectivity index (χ3n) is 2.65. The zero-order valence-electron chi connectivity index (χ0n) is 9.53. The van der Waals surface area contributed by atoms with Crippen LogP contribution in [0.5, 0.6) is 0 Å². The van der Waals surface area contributed by atoms with Gasteiger partial charge >= 0.3 is 106 Å². The van der Waals surface area contributed by atoms with Crippen LogP contribution in [-0.2, 0) is 0 Å². The molecule has 2 rings (SSSR count). The van der Waals surface area contributed by atoms with Crippen LogP contribution in [-0.4, -0.2) is 13.8 Å². The van der Waals surface area contributed by atoms with Gasteiger partial charge in [0, 0.05) is 0 Å². The second-order valence-electron chi connectivity index (χ2n) is 4.45. The Balaban J connectivity index is 2.54. The molecule has 0 saturated heterocycles. The van der Waals surface area contributed by atoms with Gasteiger partial charge in [0.15, 0.2) is 0 Å². The molecule has 0 fully saturated rings. The van der Waals surface area contributed by atoms with Crippen LogP contribution >= 0.6 is 20.0 Å². The first-order chi connectivity index (χ1) is 7.11. The van der Waals surface area contributed by atoms with Gasteiger partial charge in [-0.15, -0.1) is 0 Å². The summed E-state index contributed by atoms with van der Waals surface area (Å²) in [6, 6.07) is 4.70. The summed E-state index contributed by atoms with van der Waals surface area (Å²) in [6.45, 7) is 9.19. The second kappa shape index (κ2) is 4.75. The summed E-state index contributed by atoms with van der Waals surface area (Å²) in [5.74, 6) is 1.32. The number of rotatable bonds is 2. The van der Waals surface area contributed by atoms with Crippen molar-refractivity contribution >= 4 is 38.3 Å². The molecule has 1 aliphatic heterocycles. The zero-order chi connectivity index (χ0) is 11.0. The van der Waals surface area contributed by atoms with Crippen molar-refractivity contribution in [3.63, 3.8) is 0 Å². The molecule has 1 aliphatic rings. The Morgan fingerprint density at radius 2 is 1.60 bits per heavy atom. The van der Waals surface area contributed by atoms with E-state index >= 15 is 0 Å². The Labute approximate surface area is 106 Å². The average Bonchev–Trinajstić information content (AvgIpc) is 2.63. The van der Waals surface area contributed by atoms with Crippen molar-refractivity contribution in [2.24, 2.45) is 0 Å². The van der Waals surface area contributed by atoms with Gasteiger partial charge in [-0.2, -0.15) is 0 Å². The molecule has 0 aromatic heterocycles. The monoisotopic (exact) mass is 304 g/mol. The standard InChI is InChI=1S/C12H16S2Se/c1-7(2)9-5-6-10(8(3)4)12-11(9)13-14-15-12/h5-8H,1-4H3. The summed E-state index contributed by atoms with van der Waals surface area (Å²) in [7, 11) is 4.04. The van der Waals surface area contributed by atoms with Gasteiger partial charge in [0.25, 0.3) is 0 Å². The molecule has 0 nitrogen and oxygen atoms in total. The van der Waals surface area contributed by atoms with E-state index in [0.29, 0.717) is 25.7 Å². The maximum atomic E-state index is 2.35. The Hall–Kier alpha value is 0.439. The molecule has 0 bridgehead atoms. The van der Waals surface area contributed by atoms with Gasteiger partial charge in [-0.05, 0) is 0 Å². The second-order valence-corrected chi connectivity index (χ2v) is 10.7. The predicted octanol–water partition coefficient (Wildman–Crippen LogP) is 3.93. The van der Waals surface area contributed by atoms with Gasteiger partial charge in [0.2, 0.25) is 0 Å². The topological polar surface area (TPSA) is 0 Å². The van der Waals surface area contributed by atoms with Crippen LogP contribution in [0.2, 0.25) is 0 Å². The van der Waals surface area contributed by atoms with Gasteiger partial charge in [-0.1, -0.05) is 0 Å². The minimum absolute atomic E-state index is 0.629. The van der Waals surface area contributed by atoms with Crippen LogP contribution in [0.1, 0.15) is 50.7 Å². The summed E-state index contributed by atoms with van der Waals surface area (Å²) in [5, 5.41) is 0. The molecule has 0 unspecified atom stereocenters. The van der Waals surface area contributed by atoms with Crippen molar-refractivity contribution in [2.45, 2.75) is 44.4 Å². The van der Waals surface area contributed by atoms with Crippen molar-refractivity contribution in [3.05, 3.63) is 23.3 Å². The Morgan fingerprint density at radius 3 is 2.20 bits per heavy atom. The Kier molecular flexibility index (Phi) is 3.77. The quantitative estimate of drug-likeness (QED) is 0.600. The fraction of sp³-hybridized carbons (Fsp3) is 0.500. The molecule has 15 heavy (non-hydrogen) atoms. The first-order valence-electron chi connectivity index (χ1n) is 5.29. The molecule has 1 aromatic rings. The molecular formula is C12H16S2Se. The molecule has 0 saturated carbocycles. The van der Waals surface area contributed by atoms with Crippen molar-refractivity contribution in [1.82, 2.24) is 0 Å². The van der Waals surface area contributed by atoms with Crippen molar-refractivity contribution < 1.29 is 0 Å². The molecule has 0 spiro atoms. The molecule has 0 radical (unpaired) electrons. The normalized spacial score (nSPS) is 15.1. The summed E-state index contributed by atoms with van der Waals surface area (Å²) in [6.07, 6.45) is 0. The van der Waals surface area contributed by atoms with Crippen LogP contribution in [0.3, 0.4) is 0 Å². The fourth-order valence-corrected chi connectivity index (χ4v) is 10.1. The maximum absolute atomic E-state index is 2.35. The van der Waals surface area contributed by atoms with Gasteiger partial charge in [-0.25, -0.2) is 0 Å². The summed E-state index contributed by atoms with van der Waals surface area (Å²) in [5.41, 5.74) is 3.12. The van der Waals surface area contributed by atoms with E-state index in [9.17, 15) is 0 Å². The molecule has 0 N–H and O–H groups in total. The summed E-state index contributed by atoms with van der Waals surface area (Å²) < 4.78 is 1.67. The van der Waals surface area contributed by atoms with Crippen molar-refractivity contribution in [1.29, 1.82) is 0 Å². The molecule has 3 heteroatoms. The van der Waals surface area contributed by atoms with Crippen LogP contribution in [0.25, 0.3) is 0 Å². The molecule has 82 valence electrons. The third kappa shape index (κ3) is 2.26. The SMILES string of the molecule is CC(C)c1ccc(C(C)C)c2c1SS[Se]2. The number of fused-ring (bicyclic) bond motifs is 1. The van der Waals surface area contributed by atoms with Crippen LogP contribution < -0.4 is 4.46 Å². The molecule has 0 aliphatic carbocycles. The number of hydrogen-bond donors (Lipinski definition) is 0. The van der Waals surface area contributed by atoms with Crippen LogP contribution in [0.4, 0.5) is 0 Å². The first kappa shape index (κ1) is 11.9. The predicted molar refractivity (Wildman–Crippen MR) is 73.5 cm³/mol. The fourth-order valence-electron chi connectivity index (χ4n) is 1.76. The van der Waals surface area contributed by atoms with Gasteiger partial charge in [0.1, 0.15) is 0 Å². The van der Waals surface area contributed by atoms with Gasteiger partial charge in [0.05, 0.1) is 0 Å². The van der Waals surface area contributed by atoms with Gasteiger partial charge in [-0.3, -0.25) is 0 Å². The molecular weight excluding hydrogens is 287 g/mol. The van der Waals surface area contributed by atoms with Gasteiger partial charge < -0.3 is 0 Å². The summed E-state index contributed by atoms with van der Waals surface area (Å²) in [4.78, 5) is 1.58. The Bertz CT molecular complexity index is 337. The van der Waals surface area contributed by atoms with E-state index in [4.69, 9.17) is 0 Å². The molecule has 0 atom stereocenters. The summed E-state index contributed by atoms with van der Waals surface area (Å²) >= 11 is 0.629. The first-order valence-corrected chi connectivity index (χ1v) is 10.3. The van der Waals surface area contributed by atoms with Crippen LogP contribution in [0, 0.1) is 0 Å². The van der Waals surface area contributed by atoms with Crippen molar-refractivity contribution in [2.75, 3.05) is 0 Å². The minimum atomic E-state index is 0.629. The van der Waals surface area contributed by atoms with Crippen molar-refractivity contribution in [3.8, 4) is 0 Å². The number of benzene rings is 1. The van der Waals surface area contributed by atoms with E-state index < -0.39 is 0 Å². The number of hydrogen-bond acceptors (Lipinski definition) is 2. The van der Waals surface area contributed by atoms with Crippen LogP contribution in [0.15, 0.2) is 17.0 Å². The molecule has 1 heterocycles. The zero-order valence-corrected chi connectivity index (χ0v) is 12.9. The third-order valence-corrected chi connectivity index (χ3v) is 9.30. The van der Waals surface area contributed by atoms with E-state index in [1.54, 1.807) is 20.5 Å². The molecule has 0 amide bonds. The van der Waals surface area contributed by atoms with E-state index in [1.165, 1.54) is 0 Å². The van der Waals surface area contributed by atoms with E-state index in [1.807, 2.05) is 20.0 Å². The Morgan fingerprint density at radius 1 is 1.00 bits per heavy atom.